The van der Waals surface area contributed by atoms with Crippen LogP contribution in [-0.2, 0) is 0 Å². The number of hydrogen-bond donors (Lipinski definition) is 2. The highest BCUT2D eigenvalue weighted by molar-refractivity contribution is 5.67. The smallest absolute Gasteiger partial charge is 0.325 e. The van der Waals surface area contributed by atoms with Gasteiger partial charge in [0.2, 0.25) is 5.95 Å². The fraction of sp³-hybridized carbons (Fsp3) is 0. The number of anilines is 2. The largest absolute Gasteiger partial charge is 0.350 e. The molecule has 0 radical (unpaired) electrons. The molecular weight excluding hydrogens is 328 g/mol. The maximum Gasteiger partial charge on any atom is 0.350 e. The number of H-pyrrole nitrogens is 1. The van der Waals surface area contributed by atoms with Gasteiger partial charge in [-0.3, -0.25) is 0 Å². The number of aromatic nitrogens is 4. The Kier molecular flexibility index (Phi) is 3.50. The number of benzene rings is 2. The standard InChI is InChI=1S/C17H11F2N5O/c18-11-6-12(19)8-13(7-11)20-16-21-14(10-4-2-1-3-5-10)9-15-22-23-17(25)24(15)16/h1-9H,(H,20,21)(H,23,25). The van der Waals surface area contributed by atoms with Gasteiger partial charge >= 0.3 is 5.69 Å². The van der Waals surface area contributed by atoms with Gasteiger partial charge in [-0.2, -0.15) is 5.10 Å². The number of fused-ring (bicyclic) bond motifs is 1. The third-order valence-corrected chi connectivity index (χ3v) is 3.59. The van der Waals surface area contributed by atoms with E-state index in [1.165, 1.54) is 4.40 Å². The third kappa shape index (κ3) is 2.85. The first-order valence-electron chi connectivity index (χ1n) is 7.37. The molecule has 0 amide bonds. The number of rotatable bonds is 3. The lowest BCUT2D eigenvalue weighted by atomic mass is 10.1. The van der Waals surface area contributed by atoms with E-state index in [1.54, 1.807) is 6.07 Å². The summed E-state index contributed by atoms with van der Waals surface area (Å²) in [6.45, 7) is 0. The summed E-state index contributed by atoms with van der Waals surface area (Å²) >= 11 is 0. The van der Waals surface area contributed by atoms with Crippen LogP contribution in [0.25, 0.3) is 16.9 Å². The van der Waals surface area contributed by atoms with Crippen LogP contribution < -0.4 is 11.0 Å². The molecule has 0 unspecified atom stereocenters. The number of hydrogen-bond acceptors (Lipinski definition) is 4. The van der Waals surface area contributed by atoms with Crippen molar-refractivity contribution in [1.29, 1.82) is 0 Å². The summed E-state index contributed by atoms with van der Waals surface area (Å²) in [6.07, 6.45) is 0. The zero-order valence-electron chi connectivity index (χ0n) is 12.7. The van der Waals surface area contributed by atoms with Crippen molar-refractivity contribution in [2.45, 2.75) is 0 Å². The Hall–Kier alpha value is -3.55. The summed E-state index contributed by atoms with van der Waals surface area (Å²) in [7, 11) is 0. The van der Waals surface area contributed by atoms with Gasteiger partial charge < -0.3 is 5.32 Å². The Morgan fingerprint density at radius 1 is 1.00 bits per heavy atom. The molecule has 2 heterocycles. The van der Waals surface area contributed by atoms with Crippen molar-refractivity contribution in [3.63, 3.8) is 0 Å². The molecule has 124 valence electrons. The van der Waals surface area contributed by atoms with E-state index < -0.39 is 17.3 Å². The van der Waals surface area contributed by atoms with E-state index in [-0.39, 0.29) is 11.6 Å². The Bertz CT molecular complexity index is 1100. The van der Waals surface area contributed by atoms with Crippen molar-refractivity contribution < 1.29 is 8.78 Å². The minimum absolute atomic E-state index is 0.0973. The van der Waals surface area contributed by atoms with Gasteiger partial charge in [-0.15, -0.1) is 0 Å². The zero-order chi connectivity index (χ0) is 17.4. The molecule has 4 rings (SSSR count). The minimum Gasteiger partial charge on any atom is -0.325 e. The van der Waals surface area contributed by atoms with Crippen molar-refractivity contribution >= 4 is 17.3 Å². The van der Waals surface area contributed by atoms with Crippen LogP contribution in [0.4, 0.5) is 20.4 Å². The lowest BCUT2D eigenvalue weighted by molar-refractivity contribution is 0.584. The van der Waals surface area contributed by atoms with E-state index in [1.807, 2.05) is 30.3 Å². The number of nitrogens with zero attached hydrogens (tertiary/aromatic N) is 3. The zero-order valence-corrected chi connectivity index (χ0v) is 12.7. The fourth-order valence-electron chi connectivity index (χ4n) is 2.53. The SMILES string of the molecule is O=c1[nH]nc2cc(-c3ccccc3)nc(Nc3cc(F)cc(F)c3)n12. The predicted octanol–water partition coefficient (Wildman–Crippen LogP) is 3.11. The maximum atomic E-state index is 13.4. The molecule has 6 nitrogen and oxygen atoms in total. The van der Waals surface area contributed by atoms with Crippen molar-refractivity contribution in [2.24, 2.45) is 0 Å². The first-order chi connectivity index (χ1) is 12.1. The summed E-state index contributed by atoms with van der Waals surface area (Å²) in [5.74, 6) is -1.38. The second-order valence-corrected chi connectivity index (χ2v) is 5.34. The van der Waals surface area contributed by atoms with Gasteiger partial charge in [0.05, 0.1) is 5.69 Å². The van der Waals surface area contributed by atoms with Crippen molar-refractivity contribution in [2.75, 3.05) is 5.32 Å². The summed E-state index contributed by atoms with van der Waals surface area (Å²) in [4.78, 5) is 16.4. The highest BCUT2D eigenvalue weighted by atomic mass is 19.1. The first kappa shape index (κ1) is 15.0. The minimum atomic E-state index is -0.738. The van der Waals surface area contributed by atoms with Gasteiger partial charge in [-0.1, -0.05) is 30.3 Å². The van der Waals surface area contributed by atoms with Crippen molar-refractivity contribution in [1.82, 2.24) is 19.6 Å². The van der Waals surface area contributed by atoms with E-state index in [2.05, 4.69) is 20.5 Å². The van der Waals surface area contributed by atoms with Gasteiger partial charge in [-0.05, 0) is 12.1 Å². The number of aromatic amines is 1. The summed E-state index contributed by atoms with van der Waals surface area (Å²) < 4.78 is 28.0. The Morgan fingerprint density at radius 3 is 2.44 bits per heavy atom. The Balaban J connectivity index is 1.89. The monoisotopic (exact) mass is 339 g/mol. The Labute approximate surface area is 139 Å². The Morgan fingerprint density at radius 2 is 1.72 bits per heavy atom. The molecule has 2 aromatic carbocycles. The van der Waals surface area contributed by atoms with Crippen molar-refractivity contribution in [3.05, 3.63) is 76.7 Å². The lowest BCUT2D eigenvalue weighted by Crippen LogP contribution is -2.14. The van der Waals surface area contributed by atoms with Crippen LogP contribution in [0.2, 0.25) is 0 Å². The van der Waals surface area contributed by atoms with Crippen LogP contribution in [0, 0.1) is 11.6 Å². The first-order valence-corrected chi connectivity index (χ1v) is 7.37. The average molecular weight is 339 g/mol. The van der Waals surface area contributed by atoms with E-state index in [9.17, 15) is 13.6 Å². The van der Waals surface area contributed by atoms with Gasteiger partial charge in [0.15, 0.2) is 5.65 Å². The highest BCUT2D eigenvalue weighted by Gasteiger charge is 2.12. The van der Waals surface area contributed by atoms with Crippen LogP contribution in [0.1, 0.15) is 0 Å². The molecule has 0 aliphatic rings. The quantitative estimate of drug-likeness (QED) is 0.601. The molecule has 0 spiro atoms. The van der Waals surface area contributed by atoms with E-state index in [0.717, 1.165) is 23.8 Å². The molecule has 2 aromatic heterocycles. The van der Waals surface area contributed by atoms with Gasteiger partial charge in [0, 0.05) is 23.4 Å². The topological polar surface area (TPSA) is 75.1 Å². The van der Waals surface area contributed by atoms with Crippen molar-refractivity contribution in [3.8, 4) is 11.3 Å². The van der Waals surface area contributed by atoms with Crippen LogP contribution in [0.3, 0.4) is 0 Å². The molecule has 8 heteroatoms. The fourth-order valence-corrected chi connectivity index (χ4v) is 2.53. The highest BCUT2D eigenvalue weighted by Crippen LogP contribution is 2.23. The second kappa shape index (κ2) is 5.82. The van der Waals surface area contributed by atoms with Crippen LogP contribution in [0.5, 0.6) is 0 Å². The molecule has 25 heavy (non-hydrogen) atoms. The molecule has 0 aliphatic carbocycles. The third-order valence-electron chi connectivity index (χ3n) is 3.59. The number of nitrogens with one attached hydrogen (secondary N) is 2. The summed E-state index contributed by atoms with van der Waals surface area (Å²) in [6, 6.07) is 13.9. The van der Waals surface area contributed by atoms with E-state index >= 15 is 0 Å². The molecule has 0 atom stereocenters. The van der Waals surface area contributed by atoms with Gasteiger partial charge in [-0.25, -0.2) is 28.1 Å². The van der Waals surface area contributed by atoms with Crippen LogP contribution in [0.15, 0.2) is 59.4 Å². The molecule has 0 bridgehead atoms. The van der Waals surface area contributed by atoms with Crippen LogP contribution >= 0.6 is 0 Å². The van der Waals surface area contributed by atoms with Gasteiger partial charge in [0.25, 0.3) is 0 Å². The maximum absolute atomic E-state index is 13.4. The average Bonchev–Trinajstić information content (AvgIpc) is 2.96. The molecule has 2 N–H and O–H groups in total. The predicted molar refractivity (Wildman–Crippen MR) is 88.7 cm³/mol. The van der Waals surface area contributed by atoms with E-state index in [4.69, 9.17) is 0 Å². The second-order valence-electron chi connectivity index (χ2n) is 5.34. The number of halogens is 2. The molecule has 0 aliphatic heterocycles. The van der Waals surface area contributed by atoms with Gasteiger partial charge in [0.1, 0.15) is 11.6 Å². The molecule has 0 saturated heterocycles. The van der Waals surface area contributed by atoms with E-state index in [0.29, 0.717) is 11.3 Å². The molecule has 0 fully saturated rings. The summed E-state index contributed by atoms with van der Waals surface area (Å²) in [5, 5.41) is 9.05. The van der Waals surface area contributed by atoms with Crippen LogP contribution in [-0.4, -0.2) is 19.6 Å². The normalized spacial score (nSPS) is 11.0. The molecule has 4 aromatic rings. The lowest BCUT2D eigenvalue weighted by Gasteiger charge is -2.10. The molecule has 0 saturated carbocycles. The molecular formula is C17H11F2N5O. The summed E-state index contributed by atoms with van der Waals surface area (Å²) in [5.41, 5.74) is 1.32.